The molecule has 2 N–H and O–H groups in total. The molecule has 0 saturated carbocycles. The summed E-state index contributed by atoms with van der Waals surface area (Å²) in [6.45, 7) is 4.80. The number of sulfonamides is 1. The highest BCUT2D eigenvalue weighted by Gasteiger charge is 2.48. The monoisotopic (exact) mass is 544 g/mol. The lowest BCUT2D eigenvalue weighted by Gasteiger charge is -2.33. The van der Waals surface area contributed by atoms with Crippen LogP contribution in [0.1, 0.15) is 37.3 Å². The van der Waals surface area contributed by atoms with Gasteiger partial charge in [0.2, 0.25) is 0 Å². The van der Waals surface area contributed by atoms with Gasteiger partial charge < -0.3 is 10.1 Å². The Hall–Kier alpha value is -2.69. The third kappa shape index (κ3) is 5.46. The molecule has 10 heteroatoms. The van der Waals surface area contributed by atoms with Crippen molar-refractivity contribution in [2.24, 2.45) is 5.92 Å². The molecule has 37 heavy (non-hydrogen) atoms. The Kier molecular flexibility index (Phi) is 7.42. The van der Waals surface area contributed by atoms with Gasteiger partial charge in [-0.05, 0) is 80.0 Å². The number of aryl methyl sites for hydroxylation is 1. The molecule has 2 fully saturated rings. The normalized spacial score (nSPS) is 21.6. The Balaban J connectivity index is 1.30. The molecule has 0 amide bonds. The average Bonchev–Trinajstić information content (AvgIpc) is 3.59. The molecule has 3 heterocycles. The zero-order chi connectivity index (χ0) is 26.0. The molecule has 198 valence electrons. The van der Waals surface area contributed by atoms with Crippen molar-refractivity contribution in [1.29, 1.82) is 0 Å². The van der Waals surface area contributed by atoms with Crippen LogP contribution in [0, 0.1) is 11.7 Å². The quantitative estimate of drug-likeness (QED) is 0.367. The van der Waals surface area contributed by atoms with Crippen molar-refractivity contribution < 1.29 is 17.5 Å². The third-order valence-electron chi connectivity index (χ3n) is 7.66. The Morgan fingerprint density at radius 1 is 1.27 bits per heavy atom. The molecule has 2 aliphatic heterocycles. The van der Waals surface area contributed by atoms with Crippen LogP contribution in [0.3, 0.4) is 0 Å². The van der Waals surface area contributed by atoms with Gasteiger partial charge in [0.05, 0.1) is 7.11 Å². The number of nitrogens with zero attached hydrogens (tertiary/aromatic N) is 2. The van der Waals surface area contributed by atoms with Crippen LogP contribution >= 0.6 is 11.3 Å². The molecule has 5 rings (SSSR count). The molecule has 0 unspecified atom stereocenters. The fourth-order valence-corrected chi connectivity index (χ4v) is 7.79. The zero-order valence-corrected chi connectivity index (χ0v) is 22.8. The van der Waals surface area contributed by atoms with Gasteiger partial charge in [-0.15, -0.1) is 11.3 Å². The summed E-state index contributed by atoms with van der Waals surface area (Å²) in [4.78, 5) is 6.18. The fourth-order valence-electron chi connectivity index (χ4n) is 5.89. The lowest BCUT2D eigenvalue weighted by Crippen LogP contribution is -2.44. The predicted octanol–water partition coefficient (Wildman–Crippen LogP) is 5.16. The minimum Gasteiger partial charge on any atom is -0.497 e. The number of rotatable bonds is 10. The van der Waals surface area contributed by atoms with Crippen molar-refractivity contribution in [3.05, 3.63) is 64.9 Å². The average molecular weight is 545 g/mol. The third-order valence-corrected chi connectivity index (χ3v) is 9.83. The summed E-state index contributed by atoms with van der Waals surface area (Å²) in [5.74, 6) is 0.656. The number of halogens is 1. The summed E-state index contributed by atoms with van der Waals surface area (Å²) in [6.07, 6.45) is 6.45. The predicted molar refractivity (Wildman–Crippen MR) is 146 cm³/mol. The summed E-state index contributed by atoms with van der Waals surface area (Å²) >= 11 is 1.15. The highest BCUT2D eigenvalue weighted by molar-refractivity contribution is 7.93. The van der Waals surface area contributed by atoms with Crippen LogP contribution in [0.5, 0.6) is 5.75 Å². The summed E-state index contributed by atoms with van der Waals surface area (Å²) in [5, 5.41) is 5.38. The Morgan fingerprint density at radius 3 is 2.78 bits per heavy atom. The largest absolute Gasteiger partial charge is 0.497 e. The molecule has 3 aromatic rings. The first-order valence-electron chi connectivity index (χ1n) is 12.7. The van der Waals surface area contributed by atoms with E-state index >= 15 is 4.39 Å². The summed E-state index contributed by atoms with van der Waals surface area (Å²) in [5.41, 5.74) is 2.78. The van der Waals surface area contributed by atoms with Crippen LogP contribution in [0.2, 0.25) is 0 Å². The molecular weight excluding hydrogens is 511 g/mol. The van der Waals surface area contributed by atoms with Gasteiger partial charge in [-0.25, -0.2) is 17.8 Å². The Bertz CT molecular complexity index is 1330. The lowest BCUT2D eigenvalue weighted by molar-refractivity contribution is 0.209. The van der Waals surface area contributed by atoms with Crippen LogP contribution in [0.4, 0.5) is 15.2 Å². The van der Waals surface area contributed by atoms with Crippen molar-refractivity contribution in [2.45, 2.75) is 49.5 Å². The first-order chi connectivity index (χ1) is 17.8. The maximum Gasteiger partial charge on any atom is 0.266 e. The molecule has 0 radical (unpaired) electrons. The minimum atomic E-state index is -4.07. The van der Waals surface area contributed by atoms with Crippen molar-refractivity contribution in [3.8, 4) is 5.75 Å². The molecule has 2 aromatic carbocycles. The topological polar surface area (TPSA) is 83.6 Å². The molecular formula is C27H33FN4O3S2. The highest BCUT2D eigenvalue weighted by atomic mass is 32.2. The number of thiazole rings is 1. The first kappa shape index (κ1) is 25.9. The van der Waals surface area contributed by atoms with E-state index < -0.39 is 15.8 Å². The van der Waals surface area contributed by atoms with E-state index in [4.69, 9.17) is 4.74 Å². The number of hydrogen-bond donors (Lipinski definition) is 2. The Labute approximate surface area is 222 Å². The number of fused-ring (bicyclic) bond motifs is 1. The van der Waals surface area contributed by atoms with Gasteiger partial charge in [0, 0.05) is 35.9 Å². The van der Waals surface area contributed by atoms with E-state index in [0.717, 1.165) is 61.4 Å². The molecule has 0 spiro atoms. The van der Waals surface area contributed by atoms with Gasteiger partial charge in [0.15, 0.2) is 5.13 Å². The van der Waals surface area contributed by atoms with Crippen molar-refractivity contribution >= 4 is 32.2 Å². The number of hydrogen-bond acceptors (Lipinski definition) is 7. The lowest BCUT2D eigenvalue weighted by atomic mass is 9.87. The maximum atomic E-state index is 15.1. The Morgan fingerprint density at radius 2 is 2.08 bits per heavy atom. The van der Waals surface area contributed by atoms with Crippen LogP contribution in [0.25, 0.3) is 0 Å². The van der Waals surface area contributed by atoms with E-state index in [-0.39, 0.29) is 15.6 Å². The number of nitrogens with one attached hydrogen (secondary N) is 2. The fraction of sp³-hybridized carbons (Fsp3) is 0.444. The van der Waals surface area contributed by atoms with Gasteiger partial charge >= 0.3 is 0 Å². The number of aromatic nitrogens is 1. The molecule has 2 saturated heterocycles. The summed E-state index contributed by atoms with van der Waals surface area (Å²) in [6, 6.07) is 11.1. The van der Waals surface area contributed by atoms with Crippen LogP contribution in [-0.4, -0.2) is 50.6 Å². The molecule has 7 nitrogen and oxygen atoms in total. The molecule has 0 aliphatic carbocycles. The second-order valence-electron chi connectivity index (χ2n) is 9.99. The molecule has 2 aliphatic rings. The van der Waals surface area contributed by atoms with E-state index in [2.05, 4.69) is 32.1 Å². The SMILES string of the molecule is CCc1cc(S(=O)(=O)Nc2nccs2)c(F)cc1NC[C@]12CCCN1C[C@@H](Cc1ccc(OC)cc1)C2. The zero-order valence-electron chi connectivity index (χ0n) is 21.2. The standard InChI is InChI=1S/C27H33FN4O3S2/c1-3-21-14-25(37(33,34)31-26-29-10-12-36-26)23(28)15-24(21)30-18-27-9-4-11-32(27)17-20(16-27)13-19-5-7-22(35-2)8-6-19/h5-8,10,12,14-15,20,30H,3-4,9,11,13,16-18H2,1-2H3,(H,29,31)/t20-,27+/m0/s1. The van der Waals surface area contributed by atoms with Crippen LogP contribution < -0.4 is 14.8 Å². The van der Waals surface area contributed by atoms with Gasteiger partial charge in [0.1, 0.15) is 16.5 Å². The minimum absolute atomic E-state index is 0.0375. The molecule has 2 atom stereocenters. The van der Waals surface area contributed by atoms with Crippen LogP contribution in [0.15, 0.2) is 52.9 Å². The van der Waals surface area contributed by atoms with Crippen molar-refractivity contribution in [2.75, 3.05) is 36.8 Å². The summed E-state index contributed by atoms with van der Waals surface area (Å²) < 4.78 is 48.4. The van der Waals surface area contributed by atoms with E-state index in [1.165, 1.54) is 23.9 Å². The van der Waals surface area contributed by atoms with E-state index in [1.807, 2.05) is 19.1 Å². The second kappa shape index (κ2) is 10.6. The maximum absolute atomic E-state index is 15.1. The number of ether oxygens (including phenoxy) is 1. The summed E-state index contributed by atoms with van der Waals surface area (Å²) in [7, 11) is -2.39. The van der Waals surface area contributed by atoms with Gasteiger partial charge in [-0.1, -0.05) is 19.1 Å². The van der Waals surface area contributed by atoms with Gasteiger partial charge in [-0.2, -0.15) is 0 Å². The van der Waals surface area contributed by atoms with Gasteiger partial charge in [-0.3, -0.25) is 9.62 Å². The number of benzene rings is 2. The molecule has 1 aromatic heterocycles. The van der Waals surface area contributed by atoms with Crippen molar-refractivity contribution in [3.63, 3.8) is 0 Å². The van der Waals surface area contributed by atoms with Crippen molar-refractivity contribution in [1.82, 2.24) is 9.88 Å². The number of anilines is 2. The number of methoxy groups -OCH3 is 1. The van der Waals surface area contributed by atoms with E-state index in [9.17, 15) is 8.42 Å². The van der Waals surface area contributed by atoms with E-state index in [0.29, 0.717) is 24.6 Å². The smallest absolute Gasteiger partial charge is 0.266 e. The molecule has 0 bridgehead atoms. The first-order valence-corrected chi connectivity index (χ1v) is 15.0. The second-order valence-corrected chi connectivity index (χ2v) is 12.5. The van der Waals surface area contributed by atoms with Crippen LogP contribution in [-0.2, 0) is 22.9 Å². The van der Waals surface area contributed by atoms with E-state index in [1.54, 1.807) is 12.5 Å². The highest BCUT2D eigenvalue weighted by Crippen LogP contribution is 2.43. The van der Waals surface area contributed by atoms with Gasteiger partial charge in [0.25, 0.3) is 10.0 Å².